The molecule has 2 rings (SSSR count). The van der Waals surface area contributed by atoms with Gasteiger partial charge in [-0.2, -0.15) is 0 Å². The number of carbonyl (C=O) groups is 2. The third kappa shape index (κ3) is 2.30. The number of rotatable bonds is 4. The van der Waals surface area contributed by atoms with Crippen LogP contribution in [0.1, 0.15) is 51.2 Å². The van der Waals surface area contributed by atoms with E-state index in [0.29, 0.717) is 12.5 Å². The Morgan fingerprint density at radius 2 is 1.80 bits per heavy atom. The highest BCUT2D eigenvalue weighted by atomic mass is 16.2. The van der Waals surface area contributed by atoms with Gasteiger partial charge in [0.05, 0.1) is 0 Å². The molecule has 0 aromatic heterocycles. The van der Waals surface area contributed by atoms with Crippen LogP contribution >= 0.6 is 0 Å². The van der Waals surface area contributed by atoms with Crippen molar-refractivity contribution in [3.05, 3.63) is 35.4 Å². The average molecular weight is 274 g/mol. The summed E-state index contributed by atoms with van der Waals surface area (Å²) < 4.78 is 0. The van der Waals surface area contributed by atoms with Gasteiger partial charge in [0.15, 0.2) is 0 Å². The summed E-state index contributed by atoms with van der Waals surface area (Å²) in [5, 5.41) is 2.82. The molecule has 1 aromatic rings. The van der Waals surface area contributed by atoms with E-state index < -0.39 is 5.54 Å². The van der Waals surface area contributed by atoms with Crippen LogP contribution in [0.5, 0.6) is 0 Å². The number of hydrogen-bond donors (Lipinski definition) is 1. The third-order valence-corrected chi connectivity index (χ3v) is 3.88. The predicted molar refractivity (Wildman–Crippen MR) is 78.4 cm³/mol. The Balaban J connectivity index is 2.31. The number of amides is 3. The summed E-state index contributed by atoms with van der Waals surface area (Å²) in [5.74, 6) is 0.281. The summed E-state index contributed by atoms with van der Waals surface area (Å²) in [4.78, 5) is 25.7. The van der Waals surface area contributed by atoms with E-state index in [-0.39, 0.29) is 11.9 Å². The summed E-state index contributed by atoms with van der Waals surface area (Å²) in [6.07, 6.45) is 0.765. The minimum Gasteiger partial charge on any atom is -0.319 e. The Labute approximate surface area is 120 Å². The second-order valence-electron chi connectivity index (χ2n) is 5.79. The average Bonchev–Trinajstić information content (AvgIpc) is 2.64. The van der Waals surface area contributed by atoms with Gasteiger partial charge < -0.3 is 5.32 Å². The second kappa shape index (κ2) is 5.27. The Hall–Kier alpha value is -1.84. The van der Waals surface area contributed by atoms with Gasteiger partial charge in [-0.1, -0.05) is 45.0 Å². The summed E-state index contributed by atoms with van der Waals surface area (Å²) in [6.45, 7) is 8.44. The van der Waals surface area contributed by atoms with Crippen LogP contribution in [0.15, 0.2) is 24.3 Å². The number of nitrogens with one attached hydrogen (secondary N) is 1. The van der Waals surface area contributed by atoms with E-state index in [2.05, 4.69) is 19.2 Å². The van der Waals surface area contributed by atoms with Crippen molar-refractivity contribution in [3.8, 4) is 0 Å². The van der Waals surface area contributed by atoms with Gasteiger partial charge in [-0.3, -0.25) is 9.69 Å². The Kier molecular flexibility index (Phi) is 3.84. The van der Waals surface area contributed by atoms with Crippen LogP contribution < -0.4 is 5.32 Å². The van der Waals surface area contributed by atoms with E-state index in [1.807, 2.05) is 31.2 Å². The smallest absolute Gasteiger partial charge is 0.319 e. The van der Waals surface area contributed by atoms with E-state index in [1.54, 1.807) is 6.92 Å². The van der Waals surface area contributed by atoms with Crippen molar-refractivity contribution in [2.75, 3.05) is 6.54 Å². The lowest BCUT2D eigenvalue weighted by atomic mass is 9.90. The van der Waals surface area contributed by atoms with Crippen LogP contribution in [0.4, 0.5) is 4.79 Å². The normalized spacial score (nSPS) is 22.6. The van der Waals surface area contributed by atoms with Gasteiger partial charge in [0.2, 0.25) is 0 Å². The van der Waals surface area contributed by atoms with Gasteiger partial charge in [0.1, 0.15) is 5.54 Å². The zero-order chi connectivity index (χ0) is 14.9. The maximum atomic E-state index is 12.5. The third-order valence-electron chi connectivity index (χ3n) is 3.88. The molecule has 1 aromatic carbocycles. The molecule has 0 radical (unpaired) electrons. The molecule has 0 saturated carbocycles. The van der Waals surface area contributed by atoms with E-state index in [0.717, 1.165) is 12.0 Å². The molecule has 20 heavy (non-hydrogen) atoms. The van der Waals surface area contributed by atoms with Crippen molar-refractivity contribution in [1.29, 1.82) is 0 Å². The quantitative estimate of drug-likeness (QED) is 0.858. The van der Waals surface area contributed by atoms with Crippen LogP contribution in [-0.4, -0.2) is 23.4 Å². The van der Waals surface area contributed by atoms with Crippen LogP contribution in [0.2, 0.25) is 0 Å². The molecule has 1 fully saturated rings. The molecular weight excluding hydrogens is 252 g/mol. The molecule has 1 aliphatic rings. The number of nitrogens with zero attached hydrogens (tertiary/aromatic N) is 1. The summed E-state index contributed by atoms with van der Waals surface area (Å²) in [5.41, 5.74) is 1.11. The summed E-state index contributed by atoms with van der Waals surface area (Å²) in [6, 6.07) is 7.61. The number of carbonyl (C=O) groups excluding carboxylic acids is 2. The van der Waals surface area contributed by atoms with Gasteiger partial charge in [0.25, 0.3) is 5.91 Å². The minimum atomic E-state index is -0.943. The lowest BCUT2D eigenvalue weighted by Gasteiger charge is -2.22. The molecule has 4 nitrogen and oxygen atoms in total. The van der Waals surface area contributed by atoms with E-state index in [1.165, 1.54) is 10.5 Å². The van der Waals surface area contributed by atoms with Crippen LogP contribution in [-0.2, 0) is 10.3 Å². The molecule has 3 amide bonds. The number of hydrogen-bond acceptors (Lipinski definition) is 2. The molecule has 1 aliphatic heterocycles. The largest absolute Gasteiger partial charge is 0.325 e. The lowest BCUT2D eigenvalue weighted by molar-refractivity contribution is -0.131. The molecule has 1 saturated heterocycles. The van der Waals surface area contributed by atoms with Crippen molar-refractivity contribution < 1.29 is 9.59 Å². The molecule has 0 bridgehead atoms. The van der Waals surface area contributed by atoms with E-state index in [9.17, 15) is 9.59 Å². The number of imide groups is 1. The van der Waals surface area contributed by atoms with Crippen LogP contribution in [0.25, 0.3) is 0 Å². The van der Waals surface area contributed by atoms with Crippen molar-refractivity contribution >= 4 is 11.9 Å². The first-order valence-electron chi connectivity index (χ1n) is 7.14. The van der Waals surface area contributed by atoms with Crippen molar-refractivity contribution in [1.82, 2.24) is 10.2 Å². The highest BCUT2D eigenvalue weighted by Crippen LogP contribution is 2.29. The standard InChI is InChI=1S/C16H22N2O2/c1-5-10-18-14(19)16(4,17-15(18)20)13-8-6-12(7-9-13)11(2)3/h6-9,11H,5,10H2,1-4H3,(H,17,20)/t16-/m1/s1. The van der Waals surface area contributed by atoms with Gasteiger partial charge in [-0.05, 0) is 30.4 Å². The zero-order valence-electron chi connectivity index (χ0n) is 12.6. The first-order valence-corrected chi connectivity index (χ1v) is 7.14. The first-order chi connectivity index (χ1) is 9.40. The second-order valence-corrected chi connectivity index (χ2v) is 5.79. The molecule has 0 aliphatic carbocycles. The maximum absolute atomic E-state index is 12.5. The van der Waals surface area contributed by atoms with Crippen molar-refractivity contribution in [3.63, 3.8) is 0 Å². The SMILES string of the molecule is CCCN1C(=O)N[C@](C)(c2ccc(C(C)C)cc2)C1=O. The van der Waals surface area contributed by atoms with Gasteiger partial charge in [-0.25, -0.2) is 4.79 Å². The topological polar surface area (TPSA) is 49.4 Å². The molecule has 1 N–H and O–H groups in total. The van der Waals surface area contributed by atoms with E-state index >= 15 is 0 Å². The van der Waals surface area contributed by atoms with Crippen LogP contribution in [0.3, 0.4) is 0 Å². The Morgan fingerprint density at radius 3 is 2.30 bits per heavy atom. The highest BCUT2D eigenvalue weighted by Gasteiger charge is 2.48. The fourth-order valence-corrected chi connectivity index (χ4v) is 2.52. The molecule has 108 valence electrons. The monoisotopic (exact) mass is 274 g/mol. The van der Waals surface area contributed by atoms with Crippen molar-refractivity contribution in [2.24, 2.45) is 0 Å². The molecule has 4 heteroatoms. The Morgan fingerprint density at radius 1 is 1.20 bits per heavy atom. The van der Waals surface area contributed by atoms with Crippen molar-refractivity contribution in [2.45, 2.75) is 45.6 Å². The van der Waals surface area contributed by atoms with E-state index in [4.69, 9.17) is 0 Å². The number of benzene rings is 1. The fourth-order valence-electron chi connectivity index (χ4n) is 2.52. The van der Waals surface area contributed by atoms with Crippen LogP contribution in [0, 0.1) is 0 Å². The summed E-state index contributed by atoms with van der Waals surface area (Å²) in [7, 11) is 0. The fraction of sp³-hybridized carbons (Fsp3) is 0.500. The molecule has 1 heterocycles. The lowest BCUT2D eigenvalue weighted by Crippen LogP contribution is -2.41. The summed E-state index contributed by atoms with van der Waals surface area (Å²) >= 11 is 0. The maximum Gasteiger partial charge on any atom is 0.325 e. The molecule has 0 spiro atoms. The molecule has 0 unspecified atom stereocenters. The van der Waals surface area contributed by atoms with Gasteiger partial charge in [-0.15, -0.1) is 0 Å². The molecule has 1 atom stereocenters. The zero-order valence-corrected chi connectivity index (χ0v) is 12.6. The van der Waals surface area contributed by atoms with Gasteiger partial charge >= 0.3 is 6.03 Å². The minimum absolute atomic E-state index is 0.165. The molecular formula is C16H22N2O2. The highest BCUT2D eigenvalue weighted by molar-refractivity contribution is 6.07. The first kappa shape index (κ1) is 14.6. The Bertz CT molecular complexity index is 522. The predicted octanol–water partition coefficient (Wildman–Crippen LogP) is 2.99. The van der Waals surface area contributed by atoms with Gasteiger partial charge in [0, 0.05) is 6.54 Å². The number of urea groups is 1.